The minimum absolute atomic E-state index is 0.0300. The van der Waals surface area contributed by atoms with Gasteiger partial charge in [0.05, 0.1) is 18.3 Å². The molecule has 8 heteroatoms. The van der Waals surface area contributed by atoms with E-state index in [1.165, 1.54) is 35.6 Å². The molecule has 2 aliphatic rings. The summed E-state index contributed by atoms with van der Waals surface area (Å²) in [6.07, 6.45) is 6.88. The van der Waals surface area contributed by atoms with E-state index < -0.39 is 0 Å². The predicted octanol–water partition coefficient (Wildman–Crippen LogP) is 1.93. The van der Waals surface area contributed by atoms with Crippen LogP contribution in [0.2, 0.25) is 0 Å². The summed E-state index contributed by atoms with van der Waals surface area (Å²) < 4.78 is 2.28. The van der Waals surface area contributed by atoms with Crippen molar-refractivity contribution in [1.82, 2.24) is 24.6 Å². The summed E-state index contributed by atoms with van der Waals surface area (Å²) in [4.78, 5) is 19.5. The second-order valence-corrected chi connectivity index (χ2v) is 7.38. The fraction of sp³-hybridized carbons (Fsp3) is 0.625. The lowest BCUT2D eigenvalue weighted by molar-refractivity contribution is -0.117. The maximum absolute atomic E-state index is 12.3. The van der Waals surface area contributed by atoms with Gasteiger partial charge in [-0.05, 0) is 45.1 Å². The molecule has 3 heterocycles. The number of hydrogen-bond donors (Lipinski definition) is 1. The second kappa shape index (κ2) is 6.60. The van der Waals surface area contributed by atoms with E-state index in [0.29, 0.717) is 11.7 Å². The number of anilines is 1. The van der Waals surface area contributed by atoms with E-state index in [-0.39, 0.29) is 11.9 Å². The third-order valence-corrected chi connectivity index (χ3v) is 5.63. The van der Waals surface area contributed by atoms with Gasteiger partial charge in [-0.2, -0.15) is 0 Å². The summed E-state index contributed by atoms with van der Waals surface area (Å²) >= 11 is 1.34. The molecular formula is C16H22N6OS. The van der Waals surface area contributed by atoms with Crippen molar-refractivity contribution in [2.45, 2.75) is 44.6 Å². The zero-order chi connectivity index (χ0) is 16.5. The molecule has 0 radical (unpaired) electrons. The topological polar surface area (TPSA) is 75.9 Å². The molecule has 2 aromatic rings. The molecule has 1 aliphatic heterocycles. The van der Waals surface area contributed by atoms with Crippen LogP contribution in [0.3, 0.4) is 0 Å². The van der Waals surface area contributed by atoms with Crippen molar-refractivity contribution >= 4 is 22.4 Å². The standard InChI is InChI=1S/C16H22N6OS/c1-21-12-6-3-2-5-11(12)18-15(21)13-7-4-8-22(13)9-14(23)19-16-20-17-10-24-16/h10,13H,2-9H2,1H3,(H,19,20,23)/t13-/m1/s1. The largest absolute Gasteiger partial charge is 0.334 e. The van der Waals surface area contributed by atoms with Gasteiger partial charge < -0.3 is 4.57 Å². The number of aromatic nitrogens is 4. The molecule has 0 saturated carbocycles. The van der Waals surface area contributed by atoms with Crippen LogP contribution >= 0.6 is 11.3 Å². The van der Waals surface area contributed by atoms with Gasteiger partial charge in [-0.15, -0.1) is 10.2 Å². The third kappa shape index (κ3) is 2.95. The number of rotatable bonds is 4. The molecule has 4 rings (SSSR count). The highest BCUT2D eigenvalue weighted by Crippen LogP contribution is 2.33. The van der Waals surface area contributed by atoms with Gasteiger partial charge >= 0.3 is 0 Å². The van der Waals surface area contributed by atoms with Gasteiger partial charge in [0.25, 0.3) is 0 Å². The van der Waals surface area contributed by atoms with Crippen LogP contribution in [0.25, 0.3) is 0 Å². The monoisotopic (exact) mass is 346 g/mol. The highest BCUT2D eigenvalue weighted by molar-refractivity contribution is 7.13. The highest BCUT2D eigenvalue weighted by Gasteiger charge is 2.32. The van der Waals surface area contributed by atoms with Crippen molar-refractivity contribution in [3.05, 3.63) is 22.7 Å². The van der Waals surface area contributed by atoms with Gasteiger partial charge in [-0.3, -0.25) is 15.0 Å². The number of carbonyl (C=O) groups is 1. The Hall–Kier alpha value is -1.80. The normalized spacial score (nSPS) is 21.0. The van der Waals surface area contributed by atoms with Crippen molar-refractivity contribution in [2.75, 3.05) is 18.4 Å². The predicted molar refractivity (Wildman–Crippen MR) is 91.9 cm³/mol. The van der Waals surface area contributed by atoms with Crippen LogP contribution in [0.15, 0.2) is 5.51 Å². The molecule has 1 fully saturated rings. The highest BCUT2D eigenvalue weighted by atomic mass is 32.1. The third-order valence-electron chi connectivity index (χ3n) is 5.02. The quantitative estimate of drug-likeness (QED) is 0.915. The van der Waals surface area contributed by atoms with Crippen LogP contribution in [0, 0.1) is 0 Å². The zero-order valence-electron chi connectivity index (χ0n) is 13.9. The fourth-order valence-corrected chi connectivity index (χ4v) is 4.34. The molecule has 0 bridgehead atoms. The average Bonchev–Trinajstić information content (AvgIpc) is 3.29. The first-order valence-electron chi connectivity index (χ1n) is 8.57. The molecular weight excluding hydrogens is 324 g/mol. The van der Waals surface area contributed by atoms with E-state index in [2.05, 4.69) is 32.0 Å². The van der Waals surface area contributed by atoms with Crippen molar-refractivity contribution in [3.63, 3.8) is 0 Å². The van der Waals surface area contributed by atoms with E-state index in [4.69, 9.17) is 4.98 Å². The maximum atomic E-state index is 12.3. The van der Waals surface area contributed by atoms with E-state index in [1.54, 1.807) is 5.51 Å². The summed E-state index contributed by atoms with van der Waals surface area (Å²) in [7, 11) is 2.13. The van der Waals surface area contributed by atoms with E-state index in [1.807, 2.05) is 0 Å². The number of carbonyl (C=O) groups excluding carboxylic acids is 1. The first-order valence-corrected chi connectivity index (χ1v) is 9.45. The number of nitrogens with one attached hydrogen (secondary N) is 1. The van der Waals surface area contributed by atoms with Crippen molar-refractivity contribution in [3.8, 4) is 0 Å². The minimum atomic E-state index is -0.0300. The van der Waals surface area contributed by atoms with Crippen LogP contribution in [0.1, 0.15) is 48.9 Å². The average molecular weight is 346 g/mol. The number of nitrogens with zero attached hydrogens (tertiary/aromatic N) is 5. The maximum Gasteiger partial charge on any atom is 0.240 e. The van der Waals surface area contributed by atoms with Gasteiger partial charge in [0.1, 0.15) is 11.3 Å². The lowest BCUT2D eigenvalue weighted by atomic mass is 10.0. The van der Waals surface area contributed by atoms with Gasteiger partial charge in [-0.25, -0.2) is 4.98 Å². The molecule has 24 heavy (non-hydrogen) atoms. The Balaban J connectivity index is 1.49. The summed E-state index contributed by atoms with van der Waals surface area (Å²) in [5.74, 6) is 1.10. The van der Waals surface area contributed by atoms with Crippen LogP contribution in [-0.4, -0.2) is 43.6 Å². The molecule has 1 N–H and O–H groups in total. The molecule has 0 unspecified atom stereocenters. The first-order chi connectivity index (χ1) is 11.7. The summed E-state index contributed by atoms with van der Waals surface area (Å²) in [6.45, 7) is 1.31. The lowest BCUT2D eigenvalue weighted by Crippen LogP contribution is -2.33. The summed E-state index contributed by atoms with van der Waals surface area (Å²) in [5, 5.41) is 11.0. The van der Waals surface area contributed by atoms with Crippen LogP contribution < -0.4 is 5.32 Å². The molecule has 0 aromatic carbocycles. The molecule has 7 nitrogen and oxygen atoms in total. The van der Waals surface area contributed by atoms with Gasteiger partial charge in [0.2, 0.25) is 11.0 Å². The molecule has 2 aromatic heterocycles. The Morgan fingerprint density at radius 1 is 1.38 bits per heavy atom. The Kier molecular flexibility index (Phi) is 4.32. The lowest BCUT2D eigenvalue weighted by Gasteiger charge is -2.23. The summed E-state index contributed by atoms with van der Waals surface area (Å²) in [5.41, 5.74) is 4.28. The van der Waals surface area contributed by atoms with Gasteiger partial charge in [0, 0.05) is 12.7 Å². The fourth-order valence-electron chi connectivity index (χ4n) is 3.88. The van der Waals surface area contributed by atoms with E-state index >= 15 is 0 Å². The minimum Gasteiger partial charge on any atom is -0.334 e. The zero-order valence-corrected chi connectivity index (χ0v) is 14.7. The molecule has 128 valence electrons. The van der Waals surface area contributed by atoms with E-state index in [0.717, 1.165) is 38.1 Å². The van der Waals surface area contributed by atoms with Gasteiger partial charge in [0.15, 0.2) is 0 Å². The molecule has 0 spiro atoms. The molecule has 1 aliphatic carbocycles. The number of fused-ring (bicyclic) bond motifs is 1. The van der Waals surface area contributed by atoms with Crippen molar-refractivity contribution < 1.29 is 4.79 Å². The second-order valence-electron chi connectivity index (χ2n) is 6.55. The smallest absolute Gasteiger partial charge is 0.240 e. The molecule has 1 amide bonds. The van der Waals surface area contributed by atoms with Crippen LogP contribution in [0.5, 0.6) is 0 Å². The Morgan fingerprint density at radius 2 is 2.25 bits per heavy atom. The SMILES string of the molecule is Cn1c([C@H]2CCCN2CC(=O)Nc2nncs2)nc2c1CCCC2. The Labute approximate surface area is 145 Å². The number of imidazole rings is 1. The van der Waals surface area contributed by atoms with E-state index in [9.17, 15) is 4.79 Å². The van der Waals surface area contributed by atoms with Crippen LogP contribution in [0.4, 0.5) is 5.13 Å². The van der Waals surface area contributed by atoms with Gasteiger partial charge in [-0.1, -0.05) is 11.3 Å². The number of hydrogen-bond acceptors (Lipinski definition) is 6. The molecule has 1 saturated heterocycles. The molecule has 1 atom stereocenters. The number of amides is 1. The first kappa shape index (κ1) is 15.7. The summed E-state index contributed by atoms with van der Waals surface area (Å²) in [6, 6.07) is 0.237. The number of aryl methyl sites for hydroxylation is 1. The Morgan fingerprint density at radius 3 is 3.04 bits per heavy atom. The van der Waals surface area contributed by atoms with Crippen molar-refractivity contribution in [1.29, 1.82) is 0 Å². The Bertz CT molecular complexity index is 725. The number of likely N-dealkylation sites (tertiary alicyclic amines) is 1. The van der Waals surface area contributed by atoms with Crippen LogP contribution in [-0.2, 0) is 24.7 Å². The van der Waals surface area contributed by atoms with Crippen molar-refractivity contribution in [2.24, 2.45) is 7.05 Å².